The Hall–Kier alpha value is -0.0500. The molecule has 0 aromatic rings. The van der Waals surface area contributed by atoms with Crippen molar-refractivity contribution in [2.75, 3.05) is 13.1 Å². The molecule has 15 heavy (non-hydrogen) atoms. The highest BCUT2D eigenvalue weighted by atomic mass is 79.9. The Morgan fingerprint density at radius 3 is 2.40 bits per heavy atom. The van der Waals surface area contributed by atoms with Gasteiger partial charge in [-0.2, -0.15) is 0 Å². The maximum atomic E-state index is 12.2. The Morgan fingerprint density at radius 2 is 1.87 bits per heavy atom. The second kappa shape index (κ2) is 3.47. The third-order valence-electron chi connectivity index (χ3n) is 4.43. The monoisotopic (exact) mass is 271 g/mol. The Kier molecular flexibility index (Phi) is 2.35. The fourth-order valence-electron chi connectivity index (χ4n) is 3.28. The van der Waals surface area contributed by atoms with Crippen LogP contribution in [0.25, 0.3) is 0 Å². The van der Waals surface area contributed by atoms with Gasteiger partial charge in [0.15, 0.2) is 0 Å². The predicted molar refractivity (Wildman–Crippen MR) is 62.8 cm³/mol. The molecule has 1 amide bonds. The first-order valence-corrected chi connectivity index (χ1v) is 6.99. The van der Waals surface area contributed by atoms with Crippen LogP contribution < -0.4 is 0 Å². The number of alkyl halides is 1. The first-order chi connectivity index (χ1) is 7.15. The van der Waals surface area contributed by atoms with Gasteiger partial charge in [0.1, 0.15) is 0 Å². The van der Waals surface area contributed by atoms with Gasteiger partial charge in [0.05, 0.1) is 0 Å². The predicted octanol–water partition coefficient (Wildman–Crippen LogP) is 2.27. The third kappa shape index (κ3) is 1.73. The Morgan fingerprint density at radius 1 is 1.20 bits per heavy atom. The number of hydrogen-bond acceptors (Lipinski definition) is 1. The first-order valence-electron chi connectivity index (χ1n) is 6.08. The molecule has 0 bridgehead atoms. The van der Waals surface area contributed by atoms with Gasteiger partial charge < -0.3 is 4.90 Å². The minimum Gasteiger partial charge on any atom is -0.341 e. The van der Waals surface area contributed by atoms with Gasteiger partial charge in [0.25, 0.3) is 0 Å². The number of halogens is 1. The van der Waals surface area contributed by atoms with E-state index in [9.17, 15) is 4.79 Å². The molecule has 0 spiro atoms. The molecule has 84 valence electrons. The van der Waals surface area contributed by atoms with Crippen molar-refractivity contribution in [2.45, 2.75) is 31.0 Å². The molecule has 3 heteroatoms. The van der Waals surface area contributed by atoms with E-state index in [2.05, 4.69) is 27.8 Å². The van der Waals surface area contributed by atoms with Crippen LogP contribution in [0.1, 0.15) is 26.2 Å². The zero-order valence-electron chi connectivity index (χ0n) is 9.16. The number of fused-ring (bicyclic) bond motifs is 1. The number of carbonyl (C=O) groups excluding carboxylic acids is 1. The molecule has 1 aliphatic heterocycles. The quantitative estimate of drug-likeness (QED) is 0.671. The van der Waals surface area contributed by atoms with Crippen LogP contribution in [0.3, 0.4) is 0 Å². The molecule has 2 nitrogen and oxygen atoms in total. The number of carbonyl (C=O) groups is 1. The number of rotatable bonds is 1. The summed E-state index contributed by atoms with van der Waals surface area (Å²) in [6.07, 6.45) is 3.77. The van der Waals surface area contributed by atoms with Crippen LogP contribution in [0.2, 0.25) is 0 Å². The molecule has 4 unspecified atom stereocenters. The zero-order chi connectivity index (χ0) is 10.6. The van der Waals surface area contributed by atoms with Crippen molar-refractivity contribution in [1.82, 2.24) is 4.90 Å². The van der Waals surface area contributed by atoms with Crippen molar-refractivity contribution in [3.63, 3.8) is 0 Å². The fraction of sp³-hybridized carbons (Fsp3) is 0.917. The largest absolute Gasteiger partial charge is 0.341 e. The molecule has 2 saturated carbocycles. The third-order valence-corrected chi connectivity index (χ3v) is 5.62. The van der Waals surface area contributed by atoms with E-state index in [1.54, 1.807) is 0 Å². The summed E-state index contributed by atoms with van der Waals surface area (Å²) in [6, 6.07) is 0. The molecule has 3 fully saturated rings. The summed E-state index contributed by atoms with van der Waals surface area (Å²) in [7, 11) is 0. The Bertz CT molecular complexity index is 273. The maximum Gasteiger partial charge on any atom is 0.225 e. The van der Waals surface area contributed by atoms with E-state index in [0.717, 1.165) is 24.9 Å². The molecule has 0 radical (unpaired) electrons. The van der Waals surface area contributed by atoms with E-state index in [1.807, 2.05) is 0 Å². The lowest BCUT2D eigenvalue weighted by atomic mass is 10.0. The van der Waals surface area contributed by atoms with Crippen LogP contribution in [-0.2, 0) is 4.79 Å². The van der Waals surface area contributed by atoms with Gasteiger partial charge in [-0.3, -0.25) is 4.79 Å². The second-order valence-corrected chi connectivity index (χ2v) is 6.84. The van der Waals surface area contributed by atoms with Crippen molar-refractivity contribution in [1.29, 1.82) is 0 Å². The van der Waals surface area contributed by atoms with Crippen LogP contribution in [0.5, 0.6) is 0 Å². The van der Waals surface area contributed by atoms with E-state index in [-0.39, 0.29) is 0 Å². The zero-order valence-corrected chi connectivity index (χ0v) is 10.7. The molecule has 1 heterocycles. The van der Waals surface area contributed by atoms with Gasteiger partial charge in [-0.05, 0) is 37.0 Å². The normalized spacial score (nSPS) is 48.1. The molecule has 2 aliphatic carbocycles. The fourth-order valence-corrected chi connectivity index (χ4v) is 3.80. The van der Waals surface area contributed by atoms with Gasteiger partial charge in [-0.25, -0.2) is 0 Å². The molecule has 1 saturated heterocycles. The van der Waals surface area contributed by atoms with Gasteiger partial charge >= 0.3 is 0 Å². The van der Waals surface area contributed by atoms with Crippen molar-refractivity contribution in [3.05, 3.63) is 0 Å². The van der Waals surface area contributed by atoms with Crippen LogP contribution in [0.4, 0.5) is 0 Å². The average molecular weight is 272 g/mol. The van der Waals surface area contributed by atoms with E-state index in [1.165, 1.54) is 19.3 Å². The molecule has 0 aromatic carbocycles. The highest BCUT2D eigenvalue weighted by Gasteiger charge is 2.49. The summed E-state index contributed by atoms with van der Waals surface area (Å²) >= 11 is 3.65. The van der Waals surface area contributed by atoms with Gasteiger partial charge in [0, 0.05) is 23.8 Å². The molecule has 0 aromatic heterocycles. The summed E-state index contributed by atoms with van der Waals surface area (Å²) < 4.78 is 0. The lowest BCUT2D eigenvalue weighted by Crippen LogP contribution is -2.34. The first kappa shape index (κ1) is 10.1. The van der Waals surface area contributed by atoms with Gasteiger partial charge in [-0.1, -0.05) is 22.9 Å². The molecule has 3 rings (SSSR count). The van der Waals surface area contributed by atoms with Crippen LogP contribution in [0, 0.1) is 23.7 Å². The lowest BCUT2D eigenvalue weighted by molar-refractivity contribution is -0.134. The average Bonchev–Trinajstić information content (AvgIpc) is 2.66. The topological polar surface area (TPSA) is 20.3 Å². The van der Waals surface area contributed by atoms with E-state index < -0.39 is 0 Å². The van der Waals surface area contributed by atoms with Crippen molar-refractivity contribution < 1.29 is 4.79 Å². The van der Waals surface area contributed by atoms with Crippen LogP contribution >= 0.6 is 15.9 Å². The molecule has 0 N–H and O–H groups in total. The number of amides is 1. The maximum absolute atomic E-state index is 12.2. The van der Waals surface area contributed by atoms with Crippen LogP contribution in [-0.4, -0.2) is 28.7 Å². The highest BCUT2D eigenvalue weighted by molar-refractivity contribution is 9.09. The van der Waals surface area contributed by atoms with Crippen LogP contribution in [0.15, 0.2) is 0 Å². The minimum absolute atomic E-state index is 0.374. The van der Waals surface area contributed by atoms with E-state index in [4.69, 9.17) is 0 Å². The minimum atomic E-state index is 0.374. The molecular weight excluding hydrogens is 254 g/mol. The van der Waals surface area contributed by atoms with E-state index in [0.29, 0.717) is 22.6 Å². The summed E-state index contributed by atoms with van der Waals surface area (Å²) in [5.74, 6) is 3.26. The Balaban J connectivity index is 1.60. The molecule has 3 aliphatic rings. The summed E-state index contributed by atoms with van der Waals surface area (Å²) in [6.45, 7) is 4.10. The number of hydrogen-bond donors (Lipinski definition) is 0. The molecular formula is C12H18BrNO. The van der Waals surface area contributed by atoms with Crippen molar-refractivity contribution in [3.8, 4) is 0 Å². The van der Waals surface area contributed by atoms with Crippen molar-refractivity contribution >= 4 is 21.8 Å². The highest BCUT2D eigenvalue weighted by Crippen LogP contribution is 2.54. The summed E-state index contributed by atoms with van der Waals surface area (Å²) in [5, 5.41) is 0. The van der Waals surface area contributed by atoms with Crippen molar-refractivity contribution in [2.24, 2.45) is 23.7 Å². The Labute approximate surface area is 99.5 Å². The second-order valence-electron chi connectivity index (χ2n) is 5.66. The van der Waals surface area contributed by atoms with Gasteiger partial charge in [-0.15, -0.1) is 0 Å². The standard InChI is InChI=1S/C12H18BrNO/c1-7-5-14(6-11(7)13)12(15)10-3-8-2-9(8)4-10/h7-11H,2-6H2,1H3. The number of likely N-dealkylation sites (tertiary alicyclic amines) is 1. The SMILES string of the molecule is CC1CN(C(=O)C2CC3CC3C2)CC1Br. The molecule has 4 atom stereocenters. The summed E-state index contributed by atoms with van der Waals surface area (Å²) in [5.41, 5.74) is 0. The van der Waals surface area contributed by atoms with E-state index >= 15 is 0 Å². The van der Waals surface area contributed by atoms with Gasteiger partial charge in [0.2, 0.25) is 5.91 Å². The number of nitrogens with zero attached hydrogens (tertiary/aromatic N) is 1. The smallest absolute Gasteiger partial charge is 0.225 e. The lowest BCUT2D eigenvalue weighted by Gasteiger charge is -2.21. The summed E-state index contributed by atoms with van der Waals surface area (Å²) in [4.78, 5) is 14.8.